The molecular formula is C16H14BrN3O2. The van der Waals surface area contributed by atoms with Crippen LogP contribution in [0.1, 0.15) is 6.92 Å². The molecule has 0 aliphatic rings. The third-order valence-corrected chi connectivity index (χ3v) is 3.61. The van der Waals surface area contributed by atoms with Gasteiger partial charge in [-0.2, -0.15) is 0 Å². The summed E-state index contributed by atoms with van der Waals surface area (Å²) in [5.41, 5.74) is 2.33. The number of benzene rings is 1. The summed E-state index contributed by atoms with van der Waals surface area (Å²) in [5.74, 6) is 0.401. The molecule has 2 aromatic heterocycles. The maximum absolute atomic E-state index is 11.9. The number of imidazole rings is 1. The van der Waals surface area contributed by atoms with Gasteiger partial charge in [0, 0.05) is 16.2 Å². The van der Waals surface area contributed by atoms with Crippen LogP contribution in [-0.2, 0) is 16.1 Å². The highest BCUT2D eigenvalue weighted by Crippen LogP contribution is 2.25. The Morgan fingerprint density at radius 3 is 2.82 bits per heavy atom. The van der Waals surface area contributed by atoms with E-state index in [1.54, 1.807) is 17.7 Å². The van der Waals surface area contributed by atoms with Gasteiger partial charge < -0.3 is 4.74 Å². The van der Waals surface area contributed by atoms with Crippen LogP contribution in [0.3, 0.4) is 0 Å². The molecule has 0 bridgehead atoms. The number of hydrogen-bond donors (Lipinski definition) is 0. The van der Waals surface area contributed by atoms with Gasteiger partial charge in [0.15, 0.2) is 5.65 Å². The first-order valence-electron chi connectivity index (χ1n) is 6.92. The Labute approximate surface area is 136 Å². The molecular weight excluding hydrogens is 346 g/mol. The van der Waals surface area contributed by atoms with E-state index in [1.807, 2.05) is 36.4 Å². The van der Waals surface area contributed by atoms with Gasteiger partial charge in [0.1, 0.15) is 17.9 Å². The number of carbonyl (C=O) groups excluding carboxylic acids is 1. The summed E-state index contributed by atoms with van der Waals surface area (Å²) in [6, 6.07) is 11.6. The minimum absolute atomic E-state index is 0.0865. The zero-order chi connectivity index (χ0) is 15.5. The molecule has 0 fully saturated rings. The van der Waals surface area contributed by atoms with E-state index in [0.29, 0.717) is 18.1 Å². The number of esters is 1. The summed E-state index contributed by atoms with van der Waals surface area (Å²) < 4.78 is 7.69. The van der Waals surface area contributed by atoms with Crippen LogP contribution in [-0.4, -0.2) is 27.1 Å². The fraction of sp³-hybridized carbons (Fsp3) is 0.188. The highest BCUT2D eigenvalue weighted by Gasteiger charge is 2.16. The van der Waals surface area contributed by atoms with Crippen molar-refractivity contribution >= 4 is 33.1 Å². The first kappa shape index (κ1) is 14.7. The molecule has 0 unspecified atom stereocenters. The van der Waals surface area contributed by atoms with Gasteiger partial charge in [0.05, 0.1) is 6.61 Å². The molecule has 2 heterocycles. The van der Waals surface area contributed by atoms with Crippen LogP contribution >= 0.6 is 15.9 Å². The van der Waals surface area contributed by atoms with Crippen molar-refractivity contribution in [3.63, 3.8) is 0 Å². The van der Waals surface area contributed by atoms with Crippen LogP contribution in [0.2, 0.25) is 0 Å². The molecule has 0 saturated carbocycles. The third kappa shape index (κ3) is 2.87. The fourth-order valence-corrected chi connectivity index (χ4v) is 2.60. The van der Waals surface area contributed by atoms with E-state index in [4.69, 9.17) is 4.74 Å². The summed E-state index contributed by atoms with van der Waals surface area (Å²) in [5, 5.41) is 0. The van der Waals surface area contributed by atoms with E-state index in [-0.39, 0.29) is 12.5 Å². The van der Waals surface area contributed by atoms with Gasteiger partial charge in [0.25, 0.3) is 0 Å². The number of hydrogen-bond acceptors (Lipinski definition) is 4. The van der Waals surface area contributed by atoms with E-state index in [9.17, 15) is 4.79 Å². The van der Waals surface area contributed by atoms with Crippen LogP contribution in [0.15, 0.2) is 47.1 Å². The topological polar surface area (TPSA) is 57.0 Å². The van der Waals surface area contributed by atoms with Crippen molar-refractivity contribution in [1.29, 1.82) is 0 Å². The molecule has 0 saturated heterocycles. The Balaban J connectivity index is 2.15. The molecule has 0 radical (unpaired) electrons. The first-order chi connectivity index (χ1) is 10.7. The fourth-order valence-electron chi connectivity index (χ4n) is 2.28. The van der Waals surface area contributed by atoms with Crippen molar-refractivity contribution in [2.45, 2.75) is 13.5 Å². The maximum Gasteiger partial charge on any atom is 0.326 e. The van der Waals surface area contributed by atoms with Gasteiger partial charge in [-0.25, -0.2) is 9.97 Å². The Morgan fingerprint density at radius 2 is 2.09 bits per heavy atom. The number of nitrogens with zero attached hydrogens (tertiary/aromatic N) is 3. The Hall–Kier alpha value is -2.21. The van der Waals surface area contributed by atoms with Crippen LogP contribution in [0.5, 0.6) is 0 Å². The predicted molar refractivity (Wildman–Crippen MR) is 87.3 cm³/mol. The van der Waals surface area contributed by atoms with Crippen molar-refractivity contribution in [3.8, 4) is 11.4 Å². The molecule has 0 aliphatic heterocycles. The van der Waals surface area contributed by atoms with Crippen LogP contribution < -0.4 is 0 Å². The SMILES string of the molecule is CCOC(=O)Cn1c(-c2ccccc2)nc2cc(Br)cnc21. The van der Waals surface area contributed by atoms with Gasteiger partial charge in [-0.15, -0.1) is 0 Å². The van der Waals surface area contributed by atoms with Gasteiger partial charge in [-0.1, -0.05) is 30.3 Å². The van der Waals surface area contributed by atoms with E-state index < -0.39 is 0 Å². The van der Waals surface area contributed by atoms with Gasteiger partial charge in [-0.3, -0.25) is 9.36 Å². The van der Waals surface area contributed by atoms with Crippen molar-refractivity contribution in [1.82, 2.24) is 14.5 Å². The highest BCUT2D eigenvalue weighted by atomic mass is 79.9. The second-order valence-corrected chi connectivity index (χ2v) is 5.60. The molecule has 3 rings (SSSR count). The number of aromatic nitrogens is 3. The number of carbonyl (C=O) groups is 1. The van der Waals surface area contributed by atoms with E-state index in [1.165, 1.54) is 0 Å². The molecule has 0 amide bonds. The lowest BCUT2D eigenvalue weighted by Gasteiger charge is -2.08. The van der Waals surface area contributed by atoms with Crippen LogP contribution in [0.4, 0.5) is 0 Å². The summed E-state index contributed by atoms with van der Waals surface area (Å²) in [6.45, 7) is 2.23. The highest BCUT2D eigenvalue weighted by molar-refractivity contribution is 9.10. The minimum Gasteiger partial charge on any atom is -0.465 e. The third-order valence-electron chi connectivity index (χ3n) is 3.18. The minimum atomic E-state index is -0.302. The Morgan fingerprint density at radius 1 is 1.32 bits per heavy atom. The quantitative estimate of drug-likeness (QED) is 0.669. The van der Waals surface area contributed by atoms with Crippen LogP contribution in [0.25, 0.3) is 22.6 Å². The molecule has 0 atom stereocenters. The van der Waals surface area contributed by atoms with E-state index in [0.717, 1.165) is 15.6 Å². The van der Waals surface area contributed by atoms with Gasteiger partial charge in [0.2, 0.25) is 0 Å². The molecule has 3 aromatic rings. The van der Waals surface area contributed by atoms with Gasteiger partial charge in [-0.05, 0) is 28.9 Å². The molecule has 112 valence electrons. The lowest BCUT2D eigenvalue weighted by Crippen LogP contribution is -2.14. The average molecular weight is 360 g/mol. The summed E-state index contributed by atoms with van der Waals surface area (Å²) >= 11 is 3.39. The Bertz CT molecular complexity index is 815. The van der Waals surface area contributed by atoms with Crippen molar-refractivity contribution in [3.05, 3.63) is 47.1 Å². The van der Waals surface area contributed by atoms with Crippen molar-refractivity contribution < 1.29 is 9.53 Å². The second kappa shape index (κ2) is 6.27. The normalized spacial score (nSPS) is 10.8. The largest absolute Gasteiger partial charge is 0.465 e. The second-order valence-electron chi connectivity index (χ2n) is 4.69. The molecule has 0 spiro atoms. The molecule has 22 heavy (non-hydrogen) atoms. The predicted octanol–water partition coefficient (Wildman–Crippen LogP) is 3.42. The molecule has 0 N–H and O–H groups in total. The number of halogens is 1. The summed E-state index contributed by atoms with van der Waals surface area (Å²) in [6.07, 6.45) is 1.69. The number of ether oxygens (including phenoxy) is 1. The maximum atomic E-state index is 11.9. The van der Waals surface area contributed by atoms with Crippen molar-refractivity contribution in [2.75, 3.05) is 6.61 Å². The zero-order valence-electron chi connectivity index (χ0n) is 12.0. The Kier molecular flexibility index (Phi) is 4.20. The monoisotopic (exact) mass is 359 g/mol. The summed E-state index contributed by atoms with van der Waals surface area (Å²) in [4.78, 5) is 20.9. The molecule has 1 aromatic carbocycles. The molecule has 6 heteroatoms. The number of pyridine rings is 1. The van der Waals surface area contributed by atoms with E-state index >= 15 is 0 Å². The lowest BCUT2D eigenvalue weighted by atomic mass is 10.2. The van der Waals surface area contributed by atoms with Gasteiger partial charge >= 0.3 is 5.97 Å². The lowest BCUT2D eigenvalue weighted by molar-refractivity contribution is -0.143. The molecule has 5 nitrogen and oxygen atoms in total. The summed E-state index contributed by atoms with van der Waals surface area (Å²) in [7, 11) is 0. The number of rotatable bonds is 4. The average Bonchev–Trinajstić information content (AvgIpc) is 2.86. The van der Waals surface area contributed by atoms with Crippen LogP contribution in [0, 0.1) is 0 Å². The first-order valence-corrected chi connectivity index (χ1v) is 7.71. The van der Waals surface area contributed by atoms with Crippen molar-refractivity contribution in [2.24, 2.45) is 0 Å². The molecule has 0 aliphatic carbocycles. The number of fused-ring (bicyclic) bond motifs is 1. The standard InChI is InChI=1S/C16H14BrN3O2/c1-2-22-14(21)10-20-15(11-6-4-3-5-7-11)19-13-8-12(17)9-18-16(13)20/h3-9H,2,10H2,1H3. The zero-order valence-corrected chi connectivity index (χ0v) is 13.6. The van der Waals surface area contributed by atoms with E-state index in [2.05, 4.69) is 25.9 Å². The smallest absolute Gasteiger partial charge is 0.326 e.